The molecule has 1 spiro atoms. The highest BCUT2D eigenvalue weighted by atomic mass is 35.5. The summed E-state index contributed by atoms with van der Waals surface area (Å²) >= 11 is 7.76. The van der Waals surface area contributed by atoms with Crippen molar-refractivity contribution in [1.82, 2.24) is 9.88 Å². The Labute approximate surface area is 202 Å². The molecule has 1 saturated heterocycles. The van der Waals surface area contributed by atoms with Crippen molar-refractivity contribution in [2.24, 2.45) is 5.41 Å². The number of sulfonamides is 1. The molecule has 0 radical (unpaired) electrons. The number of anilines is 2. The lowest BCUT2D eigenvalue weighted by Gasteiger charge is -2.32. The molecule has 0 amide bonds. The van der Waals surface area contributed by atoms with Crippen molar-refractivity contribution in [2.75, 3.05) is 29.8 Å². The SMILES string of the molecule is CN(c1cc(F)c(S(=O)(=O)Nc2cscn2)cc1Cl)C1CN(Cc2ccccc2)CC12CC2. The van der Waals surface area contributed by atoms with Gasteiger partial charge in [0.15, 0.2) is 5.82 Å². The van der Waals surface area contributed by atoms with Crippen molar-refractivity contribution in [3.63, 3.8) is 0 Å². The predicted octanol–water partition coefficient (Wildman–Crippen LogP) is 4.84. The molecular weight excluding hydrogens is 483 g/mol. The number of nitrogens with one attached hydrogen (secondary N) is 1. The Morgan fingerprint density at radius 2 is 2.06 bits per heavy atom. The fourth-order valence-electron chi connectivity index (χ4n) is 4.82. The van der Waals surface area contributed by atoms with Crippen molar-refractivity contribution in [3.05, 3.63) is 69.8 Å². The number of benzene rings is 2. The number of nitrogens with zero attached hydrogens (tertiary/aromatic N) is 3. The average molecular weight is 507 g/mol. The molecule has 1 aliphatic heterocycles. The molecular formula is C23H24ClFN4O2S2. The molecule has 1 aromatic heterocycles. The standard InChI is InChI=1S/C23H24ClFN4O2S2/c1-28(21-12-29(14-23(21)7-8-23)11-16-5-3-2-4-6-16)19-10-18(25)20(9-17(19)24)33(30,31)27-22-13-32-15-26-22/h2-6,9-10,13,15,21,27H,7-8,11-12,14H2,1H3. The molecule has 1 saturated carbocycles. The summed E-state index contributed by atoms with van der Waals surface area (Å²) in [5, 5.41) is 1.74. The number of likely N-dealkylation sites (N-methyl/N-ethyl adjacent to an activating group) is 1. The van der Waals surface area contributed by atoms with Gasteiger partial charge in [0.2, 0.25) is 0 Å². The Bertz CT molecular complexity index is 1250. The van der Waals surface area contributed by atoms with Gasteiger partial charge in [0.25, 0.3) is 10.0 Å². The fraction of sp³-hybridized carbons (Fsp3) is 0.348. The third-order valence-electron chi connectivity index (χ3n) is 6.63. The Morgan fingerprint density at radius 3 is 2.73 bits per heavy atom. The monoisotopic (exact) mass is 506 g/mol. The van der Waals surface area contributed by atoms with E-state index in [1.807, 2.05) is 30.1 Å². The van der Waals surface area contributed by atoms with E-state index in [-0.39, 0.29) is 22.3 Å². The number of halogens is 2. The molecule has 1 atom stereocenters. The van der Waals surface area contributed by atoms with E-state index in [1.54, 1.807) is 0 Å². The van der Waals surface area contributed by atoms with E-state index in [0.29, 0.717) is 5.69 Å². The maximum Gasteiger partial charge on any atom is 0.266 e. The largest absolute Gasteiger partial charge is 0.368 e. The molecule has 174 valence electrons. The Kier molecular flexibility index (Phi) is 5.84. The predicted molar refractivity (Wildman–Crippen MR) is 130 cm³/mol. The van der Waals surface area contributed by atoms with Crippen LogP contribution >= 0.6 is 22.9 Å². The van der Waals surface area contributed by atoms with Gasteiger partial charge in [-0.05, 0) is 24.5 Å². The molecule has 2 aromatic carbocycles. The summed E-state index contributed by atoms with van der Waals surface area (Å²) in [6.07, 6.45) is 2.24. The summed E-state index contributed by atoms with van der Waals surface area (Å²) in [4.78, 5) is 7.86. The van der Waals surface area contributed by atoms with Gasteiger partial charge in [-0.15, -0.1) is 11.3 Å². The van der Waals surface area contributed by atoms with Crippen LogP contribution in [0, 0.1) is 11.2 Å². The van der Waals surface area contributed by atoms with Gasteiger partial charge in [-0.1, -0.05) is 41.9 Å². The third-order valence-corrected chi connectivity index (χ3v) is 8.89. The van der Waals surface area contributed by atoms with Crippen LogP contribution in [0.3, 0.4) is 0 Å². The van der Waals surface area contributed by atoms with Gasteiger partial charge in [0.1, 0.15) is 10.7 Å². The van der Waals surface area contributed by atoms with Crippen LogP contribution in [-0.2, 0) is 16.6 Å². The molecule has 1 aliphatic carbocycles. The molecule has 10 heteroatoms. The van der Waals surface area contributed by atoms with Gasteiger partial charge in [-0.2, -0.15) is 0 Å². The lowest BCUT2D eigenvalue weighted by Crippen LogP contribution is -2.39. The van der Waals surface area contributed by atoms with Crippen LogP contribution < -0.4 is 9.62 Å². The lowest BCUT2D eigenvalue weighted by molar-refractivity contribution is 0.312. The summed E-state index contributed by atoms with van der Waals surface area (Å²) in [7, 11) is -2.23. The lowest BCUT2D eigenvalue weighted by atomic mass is 9.99. The minimum absolute atomic E-state index is 0.150. The maximum absolute atomic E-state index is 15.0. The molecule has 6 nitrogen and oxygen atoms in total. The maximum atomic E-state index is 15.0. The summed E-state index contributed by atoms with van der Waals surface area (Å²) in [5.74, 6) is -0.690. The number of rotatable bonds is 7. The minimum Gasteiger partial charge on any atom is -0.368 e. The zero-order valence-corrected chi connectivity index (χ0v) is 20.4. The molecule has 0 bridgehead atoms. The Morgan fingerprint density at radius 1 is 1.30 bits per heavy atom. The Hall–Kier alpha value is -2.20. The van der Waals surface area contributed by atoms with E-state index in [0.717, 1.165) is 32.5 Å². The van der Waals surface area contributed by atoms with Crippen molar-refractivity contribution < 1.29 is 12.8 Å². The number of aromatic nitrogens is 1. The second kappa shape index (κ2) is 8.54. The molecule has 1 unspecified atom stereocenters. The van der Waals surface area contributed by atoms with Gasteiger partial charge in [0, 0.05) is 49.6 Å². The van der Waals surface area contributed by atoms with Gasteiger partial charge >= 0.3 is 0 Å². The molecule has 2 heterocycles. The van der Waals surface area contributed by atoms with E-state index in [9.17, 15) is 8.42 Å². The number of hydrogen-bond acceptors (Lipinski definition) is 6. The van der Waals surface area contributed by atoms with Gasteiger partial charge in [-0.3, -0.25) is 9.62 Å². The van der Waals surface area contributed by atoms with E-state index in [1.165, 1.54) is 39.9 Å². The van der Waals surface area contributed by atoms with E-state index < -0.39 is 20.7 Å². The van der Waals surface area contributed by atoms with Crippen LogP contribution in [0.15, 0.2) is 58.3 Å². The zero-order valence-electron chi connectivity index (χ0n) is 18.0. The van der Waals surface area contributed by atoms with Crippen LogP contribution in [0.25, 0.3) is 0 Å². The normalized spacial score (nSPS) is 19.7. The highest BCUT2D eigenvalue weighted by Crippen LogP contribution is 2.55. The second-order valence-corrected chi connectivity index (χ2v) is 11.6. The van der Waals surface area contributed by atoms with Gasteiger partial charge in [-0.25, -0.2) is 17.8 Å². The van der Waals surface area contributed by atoms with Gasteiger partial charge < -0.3 is 4.90 Å². The van der Waals surface area contributed by atoms with Crippen molar-refractivity contribution >= 4 is 44.5 Å². The first-order valence-electron chi connectivity index (χ1n) is 10.7. The molecule has 2 aliphatic rings. The summed E-state index contributed by atoms with van der Waals surface area (Å²) in [6, 6.07) is 12.9. The number of thiazole rings is 1. The van der Waals surface area contributed by atoms with Crippen molar-refractivity contribution in [2.45, 2.75) is 30.3 Å². The van der Waals surface area contributed by atoms with E-state index in [4.69, 9.17) is 11.6 Å². The van der Waals surface area contributed by atoms with Crippen molar-refractivity contribution in [1.29, 1.82) is 0 Å². The fourth-order valence-corrected chi connectivity index (χ4v) is 6.82. The molecule has 2 fully saturated rings. The Balaban J connectivity index is 1.37. The van der Waals surface area contributed by atoms with Crippen LogP contribution in [0.2, 0.25) is 5.02 Å². The van der Waals surface area contributed by atoms with E-state index >= 15 is 4.39 Å². The summed E-state index contributed by atoms with van der Waals surface area (Å²) < 4.78 is 42.7. The molecule has 33 heavy (non-hydrogen) atoms. The van der Waals surface area contributed by atoms with Crippen LogP contribution in [0.4, 0.5) is 15.9 Å². The van der Waals surface area contributed by atoms with Crippen LogP contribution in [0.5, 0.6) is 0 Å². The zero-order chi connectivity index (χ0) is 23.2. The highest BCUT2D eigenvalue weighted by Gasteiger charge is 2.56. The minimum atomic E-state index is -4.14. The first-order chi connectivity index (χ1) is 15.8. The van der Waals surface area contributed by atoms with Crippen LogP contribution in [0.1, 0.15) is 18.4 Å². The number of hydrogen-bond donors (Lipinski definition) is 1. The first kappa shape index (κ1) is 22.6. The van der Waals surface area contributed by atoms with Gasteiger partial charge in [0.05, 0.1) is 16.2 Å². The number of likely N-dealkylation sites (tertiary alicyclic amines) is 1. The van der Waals surface area contributed by atoms with E-state index in [2.05, 4.69) is 26.7 Å². The topological polar surface area (TPSA) is 65.5 Å². The quantitative estimate of drug-likeness (QED) is 0.497. The molecule has 1 N–H and O–H groups in total. The average Bonchev–Trinajstić information content (AvgIpc) is 3.20. The smallest absolute Gasteiger partial charge is 0.266 e. The molecule has 3 aromatic rings. The second-order valence-electron chi connectivity index (χ2n) is 8.86. The highest BCUT2D eigenvalue weighted by molar-refractivity contribution is 7.92. The summed E-state index contributed by atoms with van der Waals surface area (Å²) in [6.45, 7) is 2.70. The third kappa shape index (κ3) is 4.47. The van der Waals surface area contributed by atoms with Crippen molar-refractivity contribution in [3.8, 4) is 0 Å². The summed E-state index contributed by atoms with van der Waals surface area (Å²) in [5.41, 5.74) is 3.43. The van der Waals surface area contributed by atoms with Crippen LogP contribution in [-0.4, -0.2) is 44.5 Å². The first-order valence-corrected chi connectivity index (χ1v) is 13.5. The molecule has 5 rings (SSSR count).